The molecule has 3 nitrogen and oxygen atoms in total. The zero-order valence-electron chi connectivity index (χ0n) is 14.3. The molecule has 4 heteroatoms. The molecule has 128 valence electrons. The molecule has 2 aromatic carbocycles. The Balaban J connectivity index is 1.49. The number of para-hydroxylation sites is 1. The van der Waals surface area contributed by atoms with Crippen LogP contribution in [0.2, 0.25) is 5.02 Å². The standard InChI is InChI=1S/C21H20ClNO2/c1-13(20-11-15-6-3-4-9-19(15)25-20)23(2)21(24)18-12-17(18)14-7-5-8-16(22)10-14/h3-11,13,17-18H,12H2,1-2H3. The molecule has 0 bridgehead atoms. The second kappa shape index (κ2) is 6.23. The van der Waals surface area contributed by atoms with Gasteiger partial charge in [-0.15, -0.1) is 0 Å². The second-order valence-electron chi connectivity index (χ2n) is 6.82. The third-order valence-electron chi connectivity index (χ3n) is 5.17. The average molecular weight is 354 g/mol. The molecule has 4 rings (SSSR count). The second-order valence-corrected chi connectivity index (χ2v) is 7.25. The highest BCUT2D eigenvalue weighted by atomic mass is 35.5. The molecular formula is C21H20ClNO2. The number of carbonyl (C=O) groups excluding carboxylic acids is 1. The zero-order chi connectivity index (χ0) is 17.6. The van der Waals surface area contributed by atoms with Gasteiger partial charge in [0.05, 0.1) is 6.04 Å². The van der Waals surface area contributed by atoms with E-state index >= 15 is 0 Å². The Labute approximate surface area is 152 Å². The van der Waals surface area contributed by atoms with E-state index in [1.54, 1.807) is 4.90 Å². The van der Waals surface area contributed by atoms with E-state index in [-0.39, 0.29) is 23.8 Å². The molecule has 0 saturated heterocycles. The van der Waals surface area contributed by atoms with Crippen LogP contribution in [0.15, 0.2) is 59.0 Å². The molecule has 1 aliphatic carbocycles. The van der Waals surface area contributed by atoms with Crippen molar-refractivity contribution in [2.75, 3.05) is 7.05 Å². The smallest absolute Gasteiger partial charge is 0.226 e. The van der Waals surface area contributed by atoms with E-state index in [1.165, 1.54) is 0 Å². The minimum Gasteiger partial charge on any atom is -0.459 e. The first-order valence-corrected chi connectivity index (χ1v) is 8.93. The number of fused-ring (bicyclic) bond motifs is 1. The quantitative estimate of drug-likeness (QED) is 0.628. The van der Waals surface area contributed by atoms with Crippen LogP contribution in [0.4, 0.5) is 0 Å². The van der Waals surface area contributed by atoms with Crippen LogP contribution in [0.1, 0.15) is 36.6 Å². The predicted octanol–water partition coefficient (Wildman–Crippen LogP) is 5.41. The van der Waals surface area contributed by atoms with Crippen LogP contribution < -0.4 is 0 Å². The highest BCUT2D eigenvalue weighted by Gasteiger charge is 2.46. The van der Waals surface area contributed by atoms with E-state index < -0.39 is 0 Å². The van der Waals surface area contributed by atoms with Gasteiger partial charge in [0.15, 0.2) is 0 Å². The maximum Gasteiger partial charge on any atom is 0.226 e. The lowest BCUT2D eigenvalue weighted by Gasteiger charge is -2.23. The van der Waals surface area contributed by atoms with Crippen LogP contribution in [-0.4, -0.2) is 17.9 Å². The topological polar surface area (TPSA) is 33.5 Å². The fraction of sp³-hybridized carbons (Fsp3) is 0.286. The summed E-state index contributed by atoms with van der Waals surface area (Å²) in [4.78, 5) is 14.7. The maximum atomic E-state index is 12.9. The summed E-state index contributed by atoms with van der Waals surface area (Å²) in [7, 11) is 1.85. The van der Waals surface area contributed by atoms with Crippen molar-refractivity contribution >= 4 is 28.5 Å². The first-order chi connectivity index (χ1) is 12.0. The Morgan fingerprint density at radius 2 is 2.00 bits per heavy atom. The molecule has 0 N–H and O–H groups in total. The zero-order valence-corrected chi connectivity index (χ0v) is 15.0. The average Bonchev–Trinajstić information content (AvgIpc) is 3.30. The van der Waals surface area contributed by atoms with Crippen molar-refractivity contribution in [3.8, 4) is 0 Å². The summed E-state index contributed by atoms with van der Waals surface area (Å²) < 4.78 is 5.92. The monoisotopic (exact) mass is 353 g/mol. The molecule has 0 aliphatic heterocycles. The van der Waals surface area contributed by atoms with Gasteiger partial charge in [0.1, 0.15) is 11.3 Å². The van der Waals surface area contributed by atoms with Gasteiger partial charge in [-0.3, -0.25) is 4.79 Å². The largest absolute Gasteiger partial charge is 0.459 e. The first-order valence-electron chi connectivity index (χ1n) is 8.55. The van der Waals surface area contributed by atoms with Gasteiger partial charge in [-0.05, 0) is 49.1 Å². The number of rotatable bonds is 4. The minimum absolute atomic E-state index is 0.0373. The molecule has 3 aromatic rings. The normalized spacial score (nSPS) is 20.4. The summed E-state index contributed by atoms with van der Waals surface area (Å²) in [6.45, 7) is 2.01. The molecule has 1 aromatic heterocycles. The Kier molecular flexibility index (Phi) is 4.04. The highest BCUT2D eigenvalue weighted by molar-refractivity contribution is 6.30. The molecule has 1 amide bonds. The van der Waals surface area contributed by atoms with Crippen LogP contribution in [-0.2, 0) is 4.79 Å². The molecule has 0 radical (unpaired) electrons. The van der Waals surface area contributed by atoms with Gasteiger partial charge in [0, 0.05) is 23.4 Å². The first kappa shape index (κ1) is 16.2. The predicted molar refractivity (Wildman–Crippen MR) is 99.7 cm³/mol. The number of hydrogen-bond donors (Lipinski definition) is 0. The lowest BCUT2D eigenvalue weighted by Crippen LogP contribution is -2.31. The van der Waals surface area contributed by atoms with E-state index in [9.17, 15) is 4.79 Å². The van der Waals surface area contributed by atoms with Crippen molar-refractivity contribution < 1.29 is 9.21 Å². The van der Waals surface area contributed by atoms with Crippen LogP contribution in [0.25, 0.3) is 11.0 Å². The van der Waals surface area contributed by atoms with E-state index in [0.717, 1.165) is 33.7 Å². The van der Waals surface area contributed by atoms with Crippen LogP contribution >= 0.6 is 11.6 Å². The van der Waals surface area contributed by atoms with Gasteiger partial charge >= 0.3 is 0 Å². The van der Waals surface area contributed by atoms with Crippen molar-refractivity contribution in [1.29, 1.82) is 0 Å². The fourth-order valence-electron chi connectivity index (χ4n) is 3.43. The van der Waals surface area contributed by atoms with Crippen molar-refractivity contribution in [1.82, 2.24) is 4.90 Å². The highest BCUT2D eigenvalue weighted by Crippen LogP contribution is 2.49. The molecular weight excluding hydrogens is 334 g/mol. The number of hydrogen-bond acceptors (Lipinski definition) is 2. The summed E-state index contributed by atoms with van der Waals surface area (Å²) in [6.07, 6.45) is 0.885. The molecule has 1 heterocycles. The maximum absolute atomic E-state index is 12.9. The Bertz CT molecular complexity index is 899. The Morgan fingerprint density at radius 1 is 1.20 bits per heavy atom. The van der Waals surface area contributed by atoms with Gasteiger partial charge in [-0.2, -0.15) is 0 Å². The van der Waals surface area contributed by atoms with E-state index in [1.807, 2.05) is 68.6 Å². The molecule has 1 saturated carbocycles. The molecule has 3 atom stereocenters. The van der Waals surface area contributed by atoms with E-state index in [0.29, 0.717) is 0 Å². The van der Waals surface area contributed by atoms with Gasteiger partial charge in [0.2, 0.25) is 5.91 Å². The van der Waals surface area contributed by atoms with E-state index in [4.69, 9.17) is 16.0 Å². The van der Waals surface area contributed by atoms with Crippen molar-refractivity contribution in [2.45, 2.75) is 25.3 Å². The summed E-state index contributed by atoms with van der Waals surface area (Å²) in [5.41, 5.74) is 2.00. The third kappa shape index (κ3) is 3.05. The van der Waals surface area contributed by atoms with Crippen molar-refractivity contribution in [3.05, 3.63) is 70.9 Å². The lowest BCUT2D eigenvalue weighted by molar-refractivity contribution is -0.133. The summed E-state index contributed by atoms with van der Waals surface area (Å²) in [5.74, 6) is 1.29. The number of halogens is 1. The van der Waals surface area contributed by atoms with Gasteiger partial charge in [-0.25, -0.2) is 0 Å². The minimum atomic E-state index is -0.0967. The van der Waals surface area contributed by atoms with Crippen LogP contribution in [0.3, 0.4) is 0 Å². The number of carbonyl (C=O) groups is 1. The molecule has 25 heavy (non-hydrogen) atoms. The van der Waals surface area contributed by atoms with E-state index in [2.05, 4.69) is 0 Å². The van der Waals surface area contributed by atoms with Crippen LogP contribution in [0.5, 0.6) is 0 Å². The molecule has 1 aliphatic rings. The molecule has 0 spiro atoms. The number of nitrogens with zero attached hydrogens (tertiary/aromatic N) is 1. The van der Waals surface area contributed by atoms with Gasteiger partial charge in [0.25, 0.3) is 0 Å². The number of furan rings is 1. The van der Waals surface area contributed by atoms with Crippen LogP contribution in [0, 0.1) is 5.92 Å². The molecule has 1 fully saturated rings. The summed E-state index contributed by atoms with van der Waals surface area (Å²) >= 11 is 6.07. The lowest BCUT2D eigenvalue weighted by atomic mass is 10.1. The van der Waals surface area contributed by atoms with Gasteiger partial charge in [-0.1, -0.05) is 41.9 Å². The number of benzene rings is 2. The summed E-state index contributed by atoms with van der Waals surface area (Å²) in [6, 6.07) is 17.6. The number of amides is 1. The SMILES string of the molecule is CC(c1cc2ccccc2o1)N(C)C(=O)C1CC1c1cccc(Cl)c1. The third-order valence-corrected chi connectivity index (χ3v) is 5.40. The Morgan fingerprint density at radius 3 is 2.76 bits per heavy atom. The van der Waals surface area contributed by atoms with Crippen molar-refractivity contribution in [2.24, 2.45) is 5.92 Å². The molecule has 3 unspecified atom stereocenters. The Hall–Kier alpha value is -2.26. The van der Waals surface area contributed by atoms with Crippen molar-refractivity contribution in [3.63, 3.8) is 0 Å². The van der Waals surface area contributed by atoms with Gasteiger partial charge < -0.3 is 9.32 Å². The summed E-state index contributed by atoms with van der Waals surface area (Å²) in [5, 5.41) is 1.79. The fourth-order valence-corrected chi connectivity index (χ4v) is 3.62.